The molecule has 6 nitrogen and oxygen atoms in total. The van der Waals surface area contributed by atoms with Gasteiger partial charge < -0.3 is 5.32 Å². The summed E-state index contributed by atoms with van der Waals surface area (Å²) in [4.78, 5) is 4.15. The lowest BCUT2D eigenvalue weighted by Crippen LogP contribution is -2.28. The highest BCUT2D eigenvalue weighted by atomic mass is 32.2. The summed E-state index contributed by atoms with van der Waals surface area (Å²) in [6.07, 6.45) is 3.49. The van der Waals surface area contributed by atoms with Gasteiger partial charge in [0.1, 0.15) is 0 Å². The van der Waals surface area contributed by atoms with Crippen LogP contribution in [0.2, 0.25) is 0 Å². The largest absolute Gasteiger partial charge is 0.380 e. The second-order valence-electron chi connectivity index (χ2n) is 7.38. The van der Waals surface area contributed by atoms with E-state index >= 15 is 0 Å². The van der Waals surface area contributed by atoms with Crippen LogP contribution in [0.25, 0.3) is 5.69 Å². The second kappa shape index (κ2) is 7.15. The van der Waals surface area contributed by atoms with E-state index in [1.165, 1.54) is 0 Å². The Hall–Kier alpha value is -2.67. The average Bonchev–Trinajstić information content (AvgIpc) is 3.06. The van der Waals surface area contributed by atoms with Crippen LogP contribution in [0, 0.1) is 6.92 Å². The van der Waals surface area contributed by atoms with Gasteiger partial charge in [0.15, 0.2) is 14.9 Å². The number of aryl methyl sites for hydroxylation is 1. The molecular formula is C20H24N4O2S. The summed E-state index contributed by atoms with van der Waals surface area (Å²) in [7, 11) is -3.45. The molecule has 1 aromatic carbocycles. The third-order valence-corrected chi connectivity index (χ3v) is 6.67. The second-order valence-corrected chi connectivity index (χ2v) is 10.0. The third-order valence-electron chi connectivity index (χ3n) is 4.26. The van der Waals surface area contributed by atoms with Crippen LogP contribution in [0.1, 0.15) is 32.0 Å². The summed E-state index contributed by atoms with van der Waals surface area (Å²) >= 11 is 0. The number of aromatic nitrogens is 3. The zero-order chi connectivity index (χ0) is 19.7. The van der Waals surface area contributed by atoms with Crippen molar-refractivity contribution in [1.82, 2.24) is 14.8 Å². The summed E-state index contributed by atoms with van der Waals surface area (Å²) in [5, 5.41) is 7.86. The molecule has 0 amide bonds. The van der Waals surface area contributed by atoms with Crippen LogP contribution in [0.4, 0.5) is 5.69 Å². The van der Waals surface area contributed by atoms with Crippen molar-refractivity contribution in [2.45, 2.75) is 44.0 Å². The van der Waals surface area contributed by atoms with Gasteiger partial charge in [-0.25, -0.2) is 18.1 Å². The molecule has 1 N–H and O–H groups in total. The van der Waals surface area contributed by atoms with Crippen molar-refractivity contribution in [2.24, 2.45) is 0 Å². The van der Waals surface area contributed by atoms with E-state index in [-0.39, 0.29) is 5.03 Å². The smallest absolute Gasteiger partial charge is 0.200 e. The lowest BCUT2D eigenvalue weighted by atomic mass is 10.1. The first kappa shape index (κ1) is 19.1. The summed E-state index contributed by atoms with van der Waals surface area (Å²) in [6, 6.07) is 13.3. The summed E-state index contributed by atoms with van der Waals surface area (Å²) in [5.74, 6) is 0. The van der Waals surface area contributed by atoms with Crippen molar-refractivity contribution < 1.29 is 8.42 Å². The third kappa shape index (κ3) is 4.03. The predicted octanol–water partition coefficient (Wildman–Crippen LogP) is 3.76. The van der Waals surface area contributed by atoms with Crippen molar-refractivity contribution in [3.05, 3.63) is 66.1 Å². The Bertz CT molecular complexity index is 1030. The maximum atomic E-state index is 12.5. The maximum Gasteiger partial charge on any atom is 0.200 e. The highest BCUT2D eigenvalue weighted by Gasteiger charge is 2.31. The molecule has 2 heterocycles. The van der Waals surface area contributed by atoms with Crippen molar-refractivity contribution in [3.8, 4) is 5.69 Å². The zero-order valence-corrected chi connectivity index (χ0v) is 16.8. The molecule has 0 aliphatic rings. The summed E-state index contributed by atoms with van der Waals surface area (Å²) in [5.41, 5.74) is 3.79. The van der Waals surface area contributed by atoms with E-state index in [2.05, 4.69) is 15.4 Å². The minimum Gasteiger partial charge on any atom is -0.380 e. The van der Waals surface area contributed by atoms with Crippen molar-refractivity contribution in [2.75, 3.05) is 5.32 Å². The molecule has 0 aliphatic heterocycles. The van der Waals surface area contributed by atoms with Crippen LogP contribution in [0.15, 0.2) is 59.9 Å². The Morgan fingerprint density at radius 2 is 1.81 bits per heavy atom. The Labute approximate surface area is 160 Å². The van der Waals surface area contributed by atoms with Gasteiger partial charge in [0.05, 0.1) is 28.0 Å². The summed E-state index contributed by atoms with van der Waals surface area (Å²) in [6.45, 7) is 7.54. The highest BCUT2D eigenvalue weighted by molar-refractivity contribution is 7.92. The van der Waals surface area contributed by atoms with Crippen molar-refractivity contribution >= 4 is 15.5 Å². The van der Waals surface area contributed by atoms with Gasteiger partial charge in [0.2, 0.25) is 0 Å². The van der Waals surface area contributed by atoms with Gasteiger partial charge in [-0.15, -0.1) is 0 Å². The Morgan fingerprint density at radius 1 is 1.07 bits per heavy atom. The molecule has 7 heteroatoms. The number of benzene rings is 1. The molecule has 142 valence electrons. The first-order chi connectivity index (χ1) is 12.7. The Balaban J connectivity index is 1.77. The minimum absolute atomic E-state index is 0.0907. The predicted molar refractivity (Wildman–Crippen MR) is 107 cm³/mol. The number of anilines is 1. The van der Waals surface area contributed by atoms with E-state index in [1.54, 1.807) is 39.1 Å². The number of hydrogen-bond donors (Lipinski definition) is 1. The molecule has 0 atom stereocenters. The topological polar surface area (TPSA) is 76.9 Å². The minimum atomic E-state index is -3.45. The Kier molecular flexibility index (Phi) is 5.06. The first-order valence-corrected chi connectivity index (χ1v) is 10.2. The number of pyridine rings is 1. The fraction of sp³-hybridized carbons (Fsp3) is 0.300. The van der Waals surface area contributed by atoms with E-state index in [4.69, 9.17) is 0 Å². The molecule has 3 aromatic rings. The molecule has 0 fully saturated rings. The lowest BCUT2D eigenvalue weighted by molar-refractivity contribution is 0.556. The van der Waals surface area contributed by atoms with Crippen LogP contribution in [-0.4, -0.2) is 27.9 Å². The number of nitrogens with one attached hydrogen (secondary N) is 1. The zero-order valence-electron chi connectivity index (χ0n) is 16.0. The monoisotopic (exact) mass is 384 g/mol. The van der Waals surface area contributed by atoms with Crippen LogP contribution in [0.5, 0.6) is 0 Å². The molecule has 0 aliphatic carbocycles. The molecular weight excluding hydrogens is 360 g/mol. The molecule has 0 unspecified atom stereocenters. The van der Waals surface area contributed by atoms with Gasteiger partial charge in [0.25, 0.3) is 0 Å². The Morgan fingerprint density at radius 3 is 2.41 bits per heavy atom. The number of hydrogen-bond acceptors (Lipinski definition) is 5. The SMILES string of the molecule is Cc1ccn(-c2ccccc2CNc2ccc(S(=O)(=O)C(C)(C)C)nc2)n1. The highest BCUT2D eigenvalue weighted by Crippen LogP contribution is 2.24. The molecule has 0 radical (unpaired) electrons. The van der Waals surface area contributed by atoms with Gasteiger partial charge in [-0.1, -0.05) is 18.2 Å². The molecule has 27 heavy (non-hydrogen) atoms. The standard InChI is InChI=1S/C20H24N4O2S/c1-15-11-12-24(23-15)18-8-6-5-7-16(18)13-21-17-9-10-19(22-14-17)27(25,26)20(2,3)4/h5-12,14,21H,13H2,1-4H3. The number of para-hydroxylation sites is 1. The fourth-order valence-corrected chi connectivity index (χ4v) is 3.65. The van der Waals surface area contributed by atoms with Crippen LogP contribution in [0.3, 0.4) is 0 Å². The number of rotatable bonds is 5. The molecule has 3 rings (SSSR count). The van der Waals surface area contributed by atoms with E-state index in [9.17, 15) is 8.42 Å². The quantitative estimate of drug-likeness (QED) is 0.725. The van der Waals surface area contributed by atoms with Gasteiger partial charge in [0, 0.05) is 12.7 Å². The van der Waals surface area contributed by atoms with Crippen LogP contribution >= 0.6 is 0 Å². The lowest BCUT2D eigenvalue weighted by Gasteiger charge is -2.18. The average molecular weight is 385 g/mol. The van der Waals surface area contributed by atoms with Gasteiger partial charge in [-0.2, -0.15) is 5.10 Å². The van der Waals surface area contributed by atoms with Gasteiger partial charge in [-0.05, 0) is 57.5 Å². The first-order valence-electron chi connectivity index (χ1n) is 8.73. The van der Waals surface area contributed by atoms with Crippen molar-refractivity contribution in [1.29, 1.82) is 0 Å². The molecule has 0 spiro atoms. The van der Waals surface area contributed by atoms with Crippen LogP contribution < -0.4 is 5.32 Å². The van der Waals surface area contributed by atoms with E-state index < -0.39 is 14.6 Å². The van der Waals surface area contributed by atoms with Crippen LogP contribution in [-0.2, 0) is 16.4 Å². The van der Waals surface area contributed by atoms with E-state index in [1.807, 2.05) is 48.1 Å². The van der Waals surface area contributed by atoms with Gasteiger partial charge >= 0.3 is 0 Å². The van der Waals surface area contributed by atoms with E-state index in [0.29, 0.717) is 6.54 Å². The number of sulfone groups is 1. The molecule has 0 saturated carbocycles. The summed E-state index contributed by atoms with van der Waals surface area (Å²) < 4.78 is 25.9. The molecule has 0 bridgehead atoms. The van der Waals surface area contributed by atoms with Gasteiger partial charge in [-0.3, -0.25) is 0 Å². The normalized spacial score (nSPS) is 12.1. The molecule has 0 saturated heterocycles. The maximum absolute atomic E-state index is 12.5. The fourth-order valence-electron chi connectivity index (χ4n) is 2.59. The molecule has 2 aromatic heterocycles. The van der Waals surface area contributed by atoms with E-state index in [0.717, 1.165) is 22.6 Å². The van der Waals surface area contributed by atoms with Crippen molar-refractivity contribution in [3.63, 3.8) is 0 Å². The number of nitrogens with zero attached hydrogens (tertiary/aromatic N) is 3.